The molecule has 5 saturated heterocycles. The van der Waals surface area contributed by atoms with Crippen LogP contribution in [0.4, 0.5) is 15.9 Å². The van der Waals surface area contributed by atoms with Gasteiger partial charge in [0.25, 0.3) is 11.8 Å². The molecule has 0 saturated carbocycles. The summed E-state index contributed by atoms with van der Waals surface area (Å²) in [5.74, 6) is -1.43. The number of carbonyl (C=O) groups is 4. The lowest BCUT2D eigenvalue weighted by Crippen LogP contribution is -2.59. The average molecular weight is 939 g/mol. The molecule has 3 aromatic carbocycles. The molecule has 8 heterocycles. The average Bonchev–Trinajstić information content (AvgIpc) is 3.82. The fourth-order valence-electron chi connectivity index (χ4n) is 12.0. The monoisotopic (exact) mass is 938 g/mol. The number of piperazine rings is 2. The van der Waals surface area contributed by atoms with Crippen LogP contribution in [-0.4, -0.2) is 148 Å². The molecule has 69 heavy (non-hydrogen) atoms. The molecule has 0 radical (unpaired) electrons. The Labute approximate surface area is 400 Å². The number of halogens is 1. The molecular weight excluding hydrogens is 880 g/mol. The molecule has 11 rings (SSSR count). The lowest BCUT2D eigenvalue weighted by molar-refractivity contribution is -0.136. The number of imide groups is 2. The Morgan fingerprint density at radius 2 is 1.59 bits per heavy atom. The first-order valence-electron chi connectivity index (χ1n) is 24.7. The number of fused-ring (bicyclic) bond motifs is 5. The molecule has 4 amide bonds. The van der Waals surface area contributed by atoms with E-state index in [9.17, 15) is 24.3 Å². The number of pyridine rings is 1. The second-order valence-corrected chi connectivity index (χ2v) is 20.2. The first kappa shape index (κ1) is 45.2. The standard InChI is InChI=1S/C52H59FN10O6/c1-4-30-6-5-7-31-24-36(64)26-39(43(30)31)45-44(53)46-40(27-54-45)47(61-28-33-8-9-34(29-61)55-33)58-51(57-46)69-23-22-59-16-14-32(15-17-59)52(2,3)62-20-18-60(19-21-62)35-10-11-37-38(25-35)50(68)63(49(37)67)41-12-13-42(65)56-48(41)66/h5-7,10-11,24-27,32-34,41,55,64H,4,8-9,12-23,28-29H2,1-3H3,(H,56,65,66). The summed E-state index contributed by atoms with van der Waals surface area (Å²) in [4.78, 5) is 75.9. The smallest absolute Gasteiger partial charge is 0.319 e. The summed E-state index contributed by atoms with van der Waals surface area (Å²) in [5.41, 5.74) is 3.25. The zero-order valence-corrected chi connectivity index (χ0v) is 39.5. The van der Waals surface area contributed by atoms with Gasteiger partial charge in [0, 0.05) is 87.3 Å². The summed E-state index contributed by atoms with van der Waals surface area (Å²) in [7, 11) is 0. The van der Waals surface area contributed by atoms with Gasteiger partial charge in [0.05, 0.1) is 16.5 Å². The largest absolute Gasteiger partial charge is 0.508 e. The van der Waals surface area contributed by atoms with E-state index in [2.05, 4.69) is 51.0 Å². The van der Waals surface area contributed by atoms with E-state index < -0.39 is 35.5 Å². The molecule has 3 atom stereocenters. The number of ether oxygens (including phenoxy) is 1. The number of benzene rings is 3. The van der Waals surface area contributed by atoms with Gasteiger partial charge >= 0.3 is 6.01 Å². The number of aryl methyl sites for hydroxylation is 1. The van der Waals surface area contributed by atoms with Crippen LogP contribution in [0.3, 0.4) is 0 Å². The normalized spacial score (nSPS) is 22.8. The van der Waals surface area contributed by atoms with Gasteiger partial charge in [-0.15, -0.1) is 0 Å². The van der Waals surface area contributed by atoms with Crippen molar-refractivity contribution < 1.29 is 33.4 Å². The van der Waals surface area contributed by atoms with Crippen molar-refractivity contribution in [3.63, 3.8) is 0 Å². The summed E-state index contributed by atoms with van der Waals surface area (Å²) in [5, 5.41) is 18.9. The van der Waals surface area contributed by atoms with E-state index in [-0.39, 0.29) is 46.9 Å². The van der Waals surface area contributed by atoms with Crippen molar-refractivity contribution >= 4 is 56.8 Å². The Morgan fingerprint density at radius 3 is 2.33 bits per heavy atom. The molecule has 5 aromatic rings. The lowest BCUT2D eigenvalue weighted by atomic mass is 9.78. The lowest BCUT2D eigenvalue weighted by Gasteiger charge is -2.50. The molecule has 360 valence electrons. The van der Waals surface area contributed by atoms with E-state index in [0.29, 0.717) is 53.5 Å². The molecule has 5 fully saturated rings. The Kier molecular flexibility index (Phi) is 11.7. The van der Waals surface area contributed by atoms with Gasteiger partial charge in [-0.1, -0.05) is 25.1 Å². The fourth-order valence-corrected chi connectivity index (χ4v) is 12.0. The number of phenolic OH excluding ortho intramolecular Hbond substituents is 1. The Balaban J connectivity index is 0.735. The van der Waals surface area contributed by atoms with Gasteiger partial charge in [-0.2, -0.15) is 9.97 Å². The van der Waals surface area contributed by atoms with Crippen LogP contribution in [0.1, 0.15) is 85.6 Å². The highest BCUT2D eigenvalue weighted by molar-refractivity contribution is 6.23. The number of likely N-dealkylation sites (tertiary alicyclic amines) is 1. The Hall–Kier alpha value is -6.30. The quantitative estimate of drug-likeness (QED) is 0.146. The van der Waals surface area contributed by atoms with E-state index in [4.69, 9.17) is 19.7 Å². The molecular formula is C52H59FN10O6. The highest BCUT2D eigenvalue weighted by atomic mass is 19.1. The fraction of sp³-hybridized carbons (Fsp3) is 0.481. The summed E-state index contributed by atoms with van der Waals surface area (Å²) in [6, 6.07) is 14.3. The number of phenols is 1. The molecule has 2 bridgehead atoms. The summed E-state index contributed by atoms with van der Waals surface area (Å²) in [6.07, 6.45) is 6.85. The maximum atomic E-state index is 17.1. The molecule has 6 aliphatic rings. The van der Waals surface area contributed by atoms with Gasteiger partial charge in [-0.05, 0) is 118 Å². The van der Waals surface area contributed by atoms with Crippen LogP contribution in [0.2, 0.25) is 0 Å². The molecule has 3 unspecified atom stereocenters. The van der Waals surface area contributed by atoms with Crippen molar-refractivity contribution in [2.24, 2.45) is 5.92 Å². The van der Waals surface area contributed by atoms with E-state index in [1.807, 2.05) is 24.3 Å². The van der Waals surface area contributed by atoms with Crippen LogP contribution in [0.5, 0.6) is 11.8 Å². The summed E-state index contributed by atoms with van der Waals surface area (Å²) in [6.45, 7) is 14.3. The van der Waals surface area contributed by atoms with Crippen molar-refractivity contribution in [3.05, 3.63) is 77.2 Å². The van der Waals surface area contributed by atoms with Crippen molar-refractivity contribution in [1.82, 2.24) is 40.3 Å². The zero-order chi connectivity index (χ0) is 47.7. The predicted molar refractivity (Wildman–Crippen MR) is 259 cm³/mol. The van der Waals surface area contributed by atoms with Gasteiger partial charge in [-0.3, -0.25) is 44.2 Å². The number of nitrogens with zero attached hydrogens (tertiary/aromatic N) is 8. The van der Waals surface area contributed by atoms with Gasteiger partial charge in [0.15, 0.2) is 5.82 Å². The number of nitrogens with one attached hydrogen (secondary N) is 2. The minimum Gasteiger partial charge on any atom is -0.508 e. The molecule has 2 aromatic heterocycles. The van der Waals surface area contributed by atoms with Gasteiger partial charge in [0.2, 0.25) is 11.8 Å². The van der Waals surface area contributed by atoms with Crippen LogP contribution in [-0.2, 0) is 16.0 Å². The first-order chi connectivity index (χ1) is 33.3. The second-order valence-electron chi connectivity index (χ2n) is 20.2. The van der Waals surface area contributed by atoms with E-state index >= 15 is 4.39 Å². The third-order valence-electron chi connectivity index (χ3n) is 16.0. The van der Waals surface area contributed by atoms with Crippen LogP contribution in [0.25, 0.3) is 32.9 Å². The van der Waals surface area contributed by atoms with Crippen LogP contribution in [0.15, 0.2) is 54.7 Å². The topological polar surface area (TPSA) is 177 Å². The summed E-state index contributed by atoms with van der Waals surface area (Å²) < 4.78 is 23.4. The van der Waals surface area contributed by atoms with Crippen LogP contribution < -0.4 is 25.2 Å². The molecule has 16 nitrogen and oxygen atoms in total. The van der Waals surface area contributed by atoms with E-state index in [0.717, 1.165) is 111 Å². The van der Waals surface area contributed by atoms with Crippen molar-refractivity contribution in [2.45, 2.75) is 89.4 Å². The minimum absolute atomic E-state index is 0.0408. The molecule has 6 aliphatic heterocycles. The van der Waals surface area contributed by atoms with Gasteiger partial charge in [0.1, 0.15) is 35.4 Å². The van der Waals surface area contributed by atoms with Crippen molar-refractivity contribution in [3.8, 4) is 23.0 Å². The minimum atomic E-state index is -0.990. The third kappa shape index (κ3) is 8.21. The number of rotatable bonds is 11. The molecule has 0 aliphatic carbocycles. The third-order valence-corrected chi connectivity index (χ3v) is 16.0. The number of hydrogen-bond donors (Lipinski definition) is 3. The number of anilines is 2. The van der Waals surface area contributed by atoms with Crippen LogP contribution in [0, 0.1) is 11.7 Å². The molecule has 3 N–H and O–H groups in total. The number of aromatic nitrogens is 3. The maximum absolute atomic E-state index is 17.1. The van der Waals surface area contributed by atoms with Crippen molar-refractivity contribution in [2.75, 3.05) is 75.3 Å². The molecule has 0 spiro atoms. The van der Waals surface area contributed by atoms with Crippen molar-refractivity contribution in [1.29, 1.82) is 0 Å². The van der Waals surface area contributed by atoms with Gasteiger partial charge < -0.3 is 25.0 Å². The number of piperidine rings is 2. The predicted octanol–water partition coefficient (Wildman–Crippen LogP) is 5.29. The maximum Gasteiger partial charge on any atom is 0.319 e. The SMILES string of the molecule is CCc1cccc2cc(O)cc(-c3ncc4c(N5CC6CCC(C5)N6)nc(OCCN5CCC(C(C)(C)N6CCN(c7ccc8c(c7)C(=O)N(C7CCC(=O)NC7=O)C8=O)CC6)CC5)nc4c3F)c12. The molecule has 17 heteroatoms. The summed E-state index contributed by atoms with van der Waals surface area (Å²) >= 11 is 0. The highest BCUT2D eigenvalue weighted by Crippen LogP contribution is 2.40. The zero-order valence-electron chi connectivity index (χ0n) is 39.5. The number of aromatic hydroxyl groups is 1. The number of hydrogen-bond acceptors (Lipinski definition) is 14. The van der Waals surface area contributed by atoms with E-state index in [1.165, 1.54) is 0 Å². The van der Waals surface area contributed by atoms with Gasteiger partial charge in [-0.25, -0.2) is 4.39 Å². The Bertz CT molecular complexity index is 2880. The Morgan fingerprint density at radius 1 is 0.841 bits per heavy atom. The van der Waals surface area contributed by atoms with Crippen LogP contribution >= 0.6 is 0 Å². The highest BCUT2D eigenvalue weighted by Gasteiger charge is 2.45. The number of amides is 4. The number of carbonyl (C=O) groups excluding carboxylic acids is 4. The first-order valence-corrected chi connectivity index (χ1v) is 24.7. The second kappa shape index (κ2) is 17.9. The van der Waals surface area contributed by atoms with E-state index in [1.54, 1.807) is 30.5 Å².